The van der Waals surface area contributed by atoms with Crippen LogP contribution < -0.4 is 4.74 Å². The number of carboxylic acid groups (broad SMARTS) is 1. The normalized spacial score (nSPS) is 16.8. The molecule has 2 aromatic heterocycles. The summed E-state index contributed by atoms with van der Waals surface area (Å²) < 4.78 is 11.8. The molecule has 12 nitrogen and oxygen atoms in total. The van der Waals surface area contributed by atoms with E-state index in [1.54, 1.807) is 22.9 Å². The molecular formula is C27H23N5O7S2. The molecule has 0 saturated carbocycles. The topological polar surface area (TPSA) is 165 Å². The van der Waals surface area contributed by atoms with Gasteiger partial charge in [0.05, 0.1) is 35.7 Å². The summed E-state index contributed by atoms with van der Waals surface area (Å²) in [5.41, 5.74) is 1.89. The van der Waals surface area contributed by atoms with E-state index in [0.717, 1.165) is 29.0 Å². The number of allylic oxidation sites excluding steroid dienone is 1. The minimum Gasteiger partial charge on any atom is -0.497 e. The minimum atomic E-state index is -1.06. The van der Waals surface area contributed by atoms with Gasteiger partial charge in [-0.1, -0.05) is 6.08 Å². The predicted molar refractivity (Wildman–Crippen MR) is 154 cm³/mol. The van der Waals surface area contributed by atoms with Crippen molar-refractivity contribution in [1.29, 1.82) is 0 Å². The van der Waals surface area contributed by atoms with Crippen molar-refractivity contribution in [2.75, 3.05) is 20.0 Å². The summed E-state index contributed by atoms with van der Waals surface area (Å²) in [6.07, 6.45) is 4.57. The first-order valence-electron chi connectivity index (χ1n) is 12.1. The van der Waals surface area contributed by atoms with Crippen LogP contribution in [0.1, 0.15) is 29.8 Å². The van der Waals surface area contributed by atoms with E-state index in [2.05, 4.69) is 24.9 Å². The molecule has 4 heterocycles. The molecule has 1 aromatic carbocycles. The van der Waals surface area contributed by atoms with Gasteiger partial charge in [0.15, 0.2) is 5.69 Å². The number of carboxylic acids is 1. The van der Waals surface area contributed by atoms with Gasteiger partial charge in [-0.2, -0.15) is 4.99 Å². The molecular weight excluding hydrogens is 570 g/mol. The summed E-state index contributed by atoms with van der Waals surface area (Å²) in [4.78, 5) is 43.5. The predicted octanol–water partition coefficient (Wildman–Crippen LogP) is 5.14. The quantitative estimate of drug-likeness (QED) is 0.162. The zero-order chi connectivity index (χ0) is 29.5. The second kappa shape index (κ2) is 10.9. The van der Waals surface area contributed by atoms with E-state index in [-0.39, 0.29) is 27.2 Å². The first kappa shape index (κ1) is 28.1. The molecule has 1 amide bonds. The fraction of sp³-hybridized carbons (Fsp3) is 0.222. The smallest absolute Gasteiger partial charge is 0.338 e. The standard InChI is InChI=1S/C27H23N5O7S2/c1-27(2)11-13(12-40-23-15(25(36)37)6-5-7-28-23)16-8-14(38-3)9-17-20(24(35)32(27)21(16)17)30-31-26-29-22(34)18(41-26)10-19(33)39-4/h5-11,35H,12H2,1-4H3,(H,36,37). The number of azo groups is 1. The van der Waals surface area contributed by atoms with Crippen LogP contribution in [0.3, 0.4) is 0 Å². The van der Waals surface area contributed by atoms with Gasteiger partial charge in [0.2, 0.25) is 11.0 Å². The number of aromatic carboxylic acids is 1. The average Bonchev–Trinajstić information content (AvgIpc) is 3.44. The molecule has 0 radical (unpaired) electrons. The van der Waals surface area contributed by atoms with Gasteiger partial charge in [-0.05, 0) is 55.4 Å². The molecule has 0 bridgehead atoms. The van der Waals surface area contributed by atoms with Crippen LogP contribution >= 0.6 is 23.5 Å². The Hall–Kier alpha value is -4.43. The summed E-state index contributed by atoms with van der Waals surface area (Å²) in [6.45, 7) is 3.85. The lowest BCUT2D eigenvalue weighted by Gasteiger charge is -2.32. The Morgan fingerprint density at radius 3 is 2.73 bits per heavy atom. The number of carbonyl (C=O) groups is 3. The highest BCUT2D eigenvalue weighted by Gasteiger charge is 2.34. The van der Waals surface area contributed by atoms with E-state index in [0.29, 0.717) is 27.4 Å². The number of hydrogen-bond acceptors (Lipinski definition) is 11. The summed E-state index contributed by atoms with van der Waals surface area (Å²) in [7, 11) is 2.72. The Morgan fingerprint density at radius 2 is 2.02 bits per heavy atom. The Balaban J connectivity index is 1.55. The molecule has 2 aliphatic rings. The van der Waals surface area contributed by atoms with E-state index in [1.807, 2.05) is 26.0 Å². The van der Waals surface area contributed by atoms with Crippen molar-refractivity contribution < 1.29 is 34.1 Å². The van der Waals surface area contributed by atoms with Crippen LogP contribution in [0.5, 0.6) is 11.6 Å². The maximum atomic E-state index is 12.2. The van der Waals surface area contributed by atoms with Crippen LogP contribution in [-0.4, -0.2) is 62.8 Å². The lowest BCUT2D eigenvalue weighted by molar-refractivity contribution is -0.135. The number of rotatable bonds is 7. The van der Waals surface area contributed by atoms with Crippen molar-refractivity contribution >= 4 is 68.7 Å². The summed E-state index contributed by atoms with van der Waals surface area (Å²) in [6, 6.07) is 6.66. The number of aromatic nitrogens is 2. The largest absolute Gasteiger partial charge is 0.497 e. The number of ether oxygens (including phenoxy) is 2. The molecule has 0 saturated heterocycles. The fourth-order valence-corrected chi connectivity index (χ4v) is 6.26. The van der Waals surface area contributed by atoms with Crippen LogP contribution in [0.4, 0.5) is 5.69 Å². The summed E-state index contributed by atoms with van der Waals surface area (Å²) in [5, 5.41) is 30.2. The van der Waals surface area contributed by atoms with Gasteiger partial charge in [0.25, 0.3) is 5.91 Å². The highest BCUT2D eigenvalue weighted by molar-refractivity contribution is 8.18. The van der Waals surface area contributed by atoms with Gasteiger partial charge in [0.1, 0.15) is 10.8 Å². The van der Waals surface area contributed by atoms with E-state index in [4.69, 9.17) is 4.74 Å². The maximum absolute atomic E-state index is 12.2. The Labute approximate surface area is 241 Å². The van der Waals surface area contributed by atoms with Crippen molar-refractivity contribution in [3.05, 3.63) is 58.6 Å². The van der Waals surface area contributed by atoms with E-state index in [9.17, 15) is 24.6 Å². The first-order chi connectivity index (χ1) is 19.5. The molecule has 0 aliphatic carbocycles. The second-order valence-corrected chi connectivity index (χ2v) is 11.4. The van der Waals surface area contributed by atoms with Crippen molar-refractivity contribution in [2.45, 2.75) is 24.4 Å². The van der Waals surface area contributed by atoms with Gasteiger partial charge in [-0.3, -0.25) is 4.79 Å². The number of esters is 1. The van der Waals surface area contributed by atoms with Crippen LogP contribution in [-0.2, 0) is 19.9 Å². The Kier molecular flexibility index (Phi) is 7.44. The molecule has 0 fully saturated rings. The van der Waals surface area contributed by atoms with Crippen LogP contribution in [0.25, 0.3) is 16.5 Å². The van der Waals surface area contributed by atoms with Crippen LogP contribution in [0.15, 0.2) is 67.8 Å². The van der Waals surface area contributed by atoms with Gasteiger partial charge in [0, 0.05) is 29.0 Å². The third kappa shape index (κ3) is 5.23. The van der Waals surface area contributed by atoms with Crippen molar-refractivity contribution in [2.24, 2.45) is 15.2 Å². The highest BCUT2D eigenvalue weighted by Crippen LogP contribution is 2.50. The minimum absolute atomic E-state index is 0.00233. The molecule has 210 valence electrons. The van der Waals surface area contributed by atoms with Crippen molar-refractivity contribution in [3.63, 3.8) is 0 Å². The lowest BCUT2D eigenvalue weighted by Crippen LogP contribution is -2.27. The molecule has 2 aliphatic heterocycles. The van der Waals surface area contributed by atoms with Crippen molar-refractivity contribution in [3.8, 4) is 11.6 Å². The number of amidine groups is 1. The Bertz CT molecular complexity index is 1750. The first-order valence-corrected chi connectivity index (χ1v) is 13.9. The van der Waals surface area contributed by atoms with Gasteiger partial charge in [-0.25, -0.2) is 14.6 Å². The number of nitrogens with zero attached hydrogens (tertiary/aromatic N) is 5. The number of carbonyl (C=O) groups excluding carboxylic acids is 2. The number of thioether (sulfide) groups is 2. The van der Waals surface area contributed by atoms with Crippen molar-refractivity contribution in [1.82, 2.24) is 9.55 Å². The van der Waals surface area contributed by atoms with Gasteiger partial charge in [-0.15, -0.1) is 22.0 Å². The molecule has 0 unspecified atom stereocenters. The molecule has 3 aromatic rings. The number of pyridine rings is 1. The number of hydrogen-bond donors (Lipinski definition) is 2. The van der Waals surface area contributed by atoms with Crippen LogP contribution in [0.2, 0.25) is 0 Å². The Morgan fingerprint density at radius 1 is 1.24 bits per heavy atom. The molecule has 14 heteroatoms. The van der Waals surface area contributed by atoms with E-state index < -0.39 is 23.4 Å². The number of aliphatic imine (C=N–C) groups is 1. The molecule has 5 rings (SSSR count). The van der Waals surface area contributed by atoms with E-state index in [1.165, 1.54) is 32.0 Å². The zero-order valence-electron chi connectivity index (χ0n) is 22.2. The lowest BCUT2D eigenvalue weighted by atomic mass is 9.91. The number of aromatic hydroxyl groups is 1. The monoisotopic (exact) mass is 593 g/mol. The number of methoxy groups -OCH3 is 2. The molecule has 0 atom stereocenters. The van der Waals surface area contributed by atoms with E-state index >= 15 is 0 Å². The van der Waals surface area contributed by atoms with Gasteiger partial charge < -0.3 is 24.3 Å². The summed E-state index contributed by atoms with van der Waals surface area (Å²) in [5.74, 6) is -1.64. The average molecular weight is 594 g/mol. The molecule has 41 heavy (non-hydrogen) atoms. The molecule has 0 spiro atoms. The zero-order valence-corrected chi connectivity index (χ0v) is 23.9. The second-order valence-electron chi connectivity index (χ2n) is 9.39. The number of benzene rings is 1. The third-order valence-corrected chi connectivity index (χ3v) is 8.25. The van der Waals surface area contributed by atoms with Gasteiger partial charge >= 0.3 is 11.9 Å². The maximum Gasteiger partial charge on any atom is 0.338 e. The highest BCUT2D eigenvalue weighted by atomic mass is 32.2. The fourth-order valence-electron chi connectivity index (χ4n) is 4.59. The SMILES string of the molecule is COC(=O)C=C1SC(N=Nc2c(O)n3c4c(cc(OC)cc24)C(CSc2ncccc2C(=O)O)=CC3(C)C)=NC1=O. The number of amides is 1. The third-order valence-electron chi connectivity index (χ3n) is 6.33. The molecule has 2 N–H and O–H groups in total. The summed E-state index contributed by atoms with van der Waals surface area (Å²) >= 11 is 2.16. The van der Waals surface area contributed by atoms with Crippen LogP contribution in [0, 0.1) is 0 Å².